The maximum atomic E-state index is 9.99. The second-order valence-electron chi connectivity index (χ2n) is 3.94. The maximum Gasteiger partial charge on any atom is 0.0647 e. The molecule has 0 aliphatic rings. The van der Waals surface area contributed by atoms with Crippen LogP contribution in [0.4, 0.5) is 0 Å². The van der Waals surface area contributed by atoms with Gasteiger partial charge < -0.3 is 15.2 Å². The average molecular weight is 203 g/mol. The molecule has 0 amide bonds. The lowest BCUT2D eigenvalue weighted by molar-refractivity contribution is -0.597. The minimum atomic E-state index is -0.922. The zero-order valence-corrected chi connectivity index (χ0v) is 10.0. The van der Waals surface area contributed by atoms with E-state index in [9.17, 15) is 9.90 Å². The summed E-state index contributed by atoms with van der Waals surface area (Å²) in [4.78, 5) is 9.99. The molecule has 3 nitrogen and oxygen atoms in total. The van der Waals surface area contributed by atoms with Gasteiger partial charge in [0.25, 0.3) is 0 Å². The first-order chi connectivity index (χ1) is 6.54. The van der Waals surface area contributed by atoms with Gasteiger partial charge in [-0.15, -0.1) is 0 Å². The van der Waals surface area contributed by atoms with Crippen LogP contribution in [0.15, 0.2) is 0 Å². The first kappa shape index (κ1) is 15.9. The van der Waals surface area contributed by atoms with Crippen LogP contribution in [-0.4, -0.2) is 20.1 Å². The molecule has 0 saturated carbocycles. The van der Waals surface area contributed by atoms with Crippen molar-refractivity contribution in [3.63, 3.8) is 0 Å². The number of quaternary nitrogens is 1. The summed E-state index contributed by atoms with van der Waals surface area (Å²) in [5.41, 5.74) is 0. The summed E-state index contributed by atoms with van der Waals surface area (Å²) in [5, 5.41) is 12.0. The normalized spacial score (nSPS) is 9.50. The molecule has 3 heteroatoms. The van der Waals surface area contributed by atoms with Gasteiger partial charge in [-0.2, -0.15) is 0 Å². The predicted molar refractivity (Wildman–Crippen MR) is 56.7 cm³/mol. The van der Waals surface area contributed by atoms with Gasteiger partial charge in [-0.1, -0.05) is 33.1 Å². The standard InChI is InChI=1S/C9H18O2.C2H7N/c1-8(2)6-4-3-5-7-9(10)11;1-3-2/h8H,3-7H2,1-2H3,(H,10,11);3H,1-2H3. The van der Waals surface area contributed by atoms with E-state index in [2.05, 4.69) is 13.8 Å². The molecule has 14 heavy (non-hydrogen) atoms. The van der Waals surface area contributed by atoms with Crippen LogP contribution in [0, 0.1) is 5.92 Å². The monoisotopic (exact) mass is 203 g/mol. The van der Waals surface area contributed by atoms with Crippen LogP contribution in [0.3, 0.4) is 0 Å². The molecule has 0 atom stereocenters. The first-order valence-corrected chi connectivity index (χ1v) is 5.48. The van der Waals surface area contributed by atoms with Gasteiger partial charge in [0.05, 0.1) is 14.1 Å². The Morgan fingerprint density at radius 1 is 1.21 bits per heavy atom. The summed E-state index contributed by atoms with van der Waals surface area (Å²) in [6.45, 7) is 4.36. The Kier molecular flexibility index (Phi) is 14.1. The SMILES string of the molecule is CC(C)CCCCCC(=O)[O-].C[NH2+]C. The highest BCUT2D eigenvalue weighted by Crippen LogP contribution is 2.08. The van der Waals surface area contributed by atoms with Gasteiger partial charge in [-0.25, -0.2) is 0 Å². The molecule has 0 aliphatic carbocycles. The van der Waals surface area contributed by atoms with Crippen molar-refractivity contribution in [2.45, 2.75) is 46.0 Å². The highest BCUT2D eigenvalue weighted by Gasteiger charge is 1.93. The van der Waals surface area contributed by atoms with Crippen molar-refractivity contribution in [3.8, 4) is 0 Å². The van der Waals surface area contributed by atoms with E-state index in [1.54, 1.807) is 0 Å². The van der Waals surface area contributed by atoms with E-state index in [0.717, 1.165) is 25.2 Å². The van der Waals surface area contributed by atoms with Crippen molar-refractivity contribution in [3.05, 3.63) is 0 Å². The number of hydrogen-bond donors (Lipinski definition) is 1. The zero-order valence-electron chi connectivity index (χ0n) is 10.0. The number of rotatable bonds is 6. The Balaban J connectivity index is 0. The Labute approximate surface area is 87.9 Å². The first-order valence-electron chi connectivity index (χ1n) is 5.48. The highest BCUT2D eigenvalue weighted by molar-refractivity contribution is 5.63. The van der Waals surface area contributed by atoms with E-state index in [1.807, 2.05) is 19.4 Å². The summed E-state index contributed by atoms with van der Waals surface area (Å²) >= 11 is 0. The minimum Gasteiger partial charge on any atom is -0.550 e. The minimum absolute atomic E-state index is 0.220. The fraction of sp³-hybridized carbons (Fsp3) is 0.909. The second-order valence-corrected chi connectivity index (χ2v) is 3.94. The van der Waals surface area contributed by atoms with Crippen molar-refractivity contribution in [1.29, 1.82) is 0 Å². The van der Waals surface area contributed by atoms with Crippen molar-refractivity contribution in [1.82, 2.24) is 0 Å². The summed E-state index contributed by atoms with van der Waals surface area (Å²) in [5.74, 6) is -0.187. The van der Waals surface area contributed by atoms with Gasteiger partial charge in [-0.05, 0) is 18.8 Å². The van der Waals surface area contributed by atoms with E-state index in [0.29, 0.717) is 0 Å². The van der Waals surface area contributed by atoms with Gasteiger partial charge in [-0.3, -0.25) is 0 Å². The van der Waals surface area contributed by atoms with Crippen LogP contribution in [0.2, 0.25) is 0 Å². The third-order valence-electron chi connectivity index (χ3n) is 1.66. The fourth-order valence-electron chi connectivity index (χ4n) is 0.999. The molecule has 0 aliphatic heterocycles. The van der Waals surface area contributed by atoms with Crippen molar-refractivity contribution in [2.24, 2.45) is 5.92 Å². The van der Waals surface area contributed by atoms with Crippen molar-refractivity contribution < 1.29 is 15.2 Å². The number of nitrogens with two attached hydrogens (primary N) is 1. The lowest BCUT2D eigenvalue weighted by Crippen LogP contribution is -2.74. The summed E-state index contributed by atoms with van der Waals surface area (Å²) in [7, 11) is 4.00. The molecule has 0 aromatic carbocycles. The quantitative estimate of drug-likeness (QED) is 0.625. The molecule has 0 aromatic heterocycles. The Bertz CT molecular complexity index is 124. The van der Waals surface area contributed by atoms with Gasteiger partial charge in [0.1, 0.15) is 0 Å². The van der Waals surface area contributed by atoms with Crippen LogP contribution in [0.25, 0.3) is 0 Å². The summed E-state index contributed by atoms with van der Waals surface area (Å²) in [6, 6.07) is 0. The third-order valence-corrected chi connectivity index (χ3v) is 1.66. The van der Waals surface area contributed by atoms with E-state index in [4.69, 9.17) is 0 Å². The van der Waals surface area contributed by atoms with Crippen molar-refractivity contribution >= 4 is 5.97 Å². The van der Waals surface area contributed by atoms with Gasteiger partial charge >= 0.3 is 0 Å². The van der Waals surface area contributed by atoms with Gasteiger partial charge in [0.2, 0.25) is 0 Å². The zero-order chi connectivity index (χ0) is 11.4. The molecule has 0 radical (unpaired) electrons. The lowest BCUT2D eigenvalue weighted by Gasteiger charge is -2.04. The molecule has 86 valence electrons. The van der Waals surface area contributed by atoms with Gasteiger partial charge in [0.15, 0.2) is 0 Å². The molecule has 0 unspecified atom stereocenters. The number of carbonyl (C=O) groups is 1. The number of carbonyl (C=O) groups excluding carboxylic acids is 1. The van der Waals surface area contributed by atoms with E-state index in [-0.39, 0.29) is 6.42 Å². The molecule has 0 bridgehead atoms. The number of unbranched alkanes of at least 4 members (excludes halogenated alkanes) is 2. The molecule has 0 heterocycles. The number of carboxylic acids is 1. The van der Waals surface area contributed by atoms with Gasteiger partial charge in [0, 0.05) is 5.97 Å². The summed E-state index contributed by atoms with van der Waals surface area (Å²) < 4.78 is 0. The molecular weight excluding hydrogens is 178 g/mol. The maximum absolute atomic E-state index is 9.99. The molecule has 2 N–H and O–H groups in total. The van der Waals surface area contributed by atoms with Crippen LogP contribution in [0.1, 0.15) is 46.0 Å². The molecular formula is C11H25NO2. The number of hydrogen-bond acceptors (Lipinski definition) is 2. The fourth-order valence-corrected chi connectivity index (χ4v) is 0.999. The number of aliphatic carboxylic acids is 1. The topological polar surface area (TPSA) is 56.7 Å². The molecule has 0 saturated heterocycles. The molecule has 0 spiro atoms. The third kappa shape index (κ3) is 22.5. The van der Waals surface area contributed by atoms with Crippen molar-refractivity contribution in [2.75, 3.05) is 14.1 Å². The van der Waals surface area contributed by atoms with E-state index < -0.39 is 5.97 Å². The van der Waals surface area contributed by atoms with Crippen LogP contribution < -0.4 is 10.4 Å². The highest BCUT2D eigenvalue weighted by atomic mass is 16.4. The largest absolute Gasteiger partial charge is 0.550 e. The average Bonchev–Trinajstić information content (AvgIpc) is 2.04. The second kappa shape index (κ2) is 12.4. The summed E-state index contributed by atoms with van der Waals surface area (Å²) in [6.07, 6.45) is 4.36. The molecule has 0 aromatic rings. The Morgan fingerprint density at radius 2 is 1.71 bits per heavy atom. The number of carboxylic acid groups (broad SMARTS) is 1. The van der Waals surface area contributed by atoms with E-state index in [1.165, 1.54) is 6.42 Å². The Morgan fingerprint density at radius 3 is 2.07 bits per heavy atom. The van der Waals surface area contributed by atoms with Crippen LogP contribution >= 0.6 is 0 Å². The molecule has 0 rings (SSSR count). The Hall–Kier alpha value is -0.570. The van der Waals surface area contributed by atoms with E-state index >= 15 is 0 Å². The lowest BCUT2D eigenvalue weighted by atomic mass is 10.0. The van der Waals surface area contributed by atoms with Crippen LogP contribution in [-0.2, 0) is 4.79 Å². The van der Waals surface area contributed by atoms with Crippen LogP contribution in [0.5, 0.6) is 0 Å². The predicted octanol–water partition coefficient (Wildman–Crippen LogP) is 0.152. The smallest absolute Gasteiger partial charge is 0.0647 e. The molecule has 0 fully saturated rings.